The fraction of sp³-hybridized carbons (Fsp3) is 0.227. The molecule has 0 spiro atoms. The molecule has 29 heavy (non-hydrogen) atoms. The van der Waals surface area contributed by atoms with Crippen LogP contribution < -0.4 is 5.56 Å². The van der Waals surface area contributed by atoms with Gasteiger partial charge in [-0.15, -0.1) is 0 Å². The van der Waals surface area contributed by atoms with Crippen LogP contribution in [0.3, 0.4) is 0 Å². The Bertz CT molecular complexity index is 1230. The highest BCUT2D eigenvalue weighted by Crippen LogP contribution is 2.23. The lowest BCUT2D eigenvalue weighted by molar-refractivity contribution is 0.0706. The van der Waals surface area contributed by atoms with Gasteiger partial charge in [0.15, 0.2) is 0 Å². The van der Waals surface area contributed by atoms with Crippen molar-refractivity contribution in [2.24, 2.45) is 0 Å². The minimum Gasteiger partial charge on any atom is -0.383 e. The lowest BCUT2D eigenvalue weighted by Crippen LogP contribution is -2.33. The average molecular weight is 390 g/mol. The minimum atomic E-state index is -0.221. The molecule has 2 heterocycles. The lowest BCUT2D eigenvalue weighted by atomic mass is 10.1. The van der Waals surface area contributed by atoms with E-state index in [0.29, 0.717) is 42.1 Å². The average Bonchev–Trinajstić information content (AvgIpc) is 3.21. The molecule has 1 N–H and O–H groups in total. The Morgan fingerprint density at radius 2 is 1.97 bits per heavy atom. The Hall–Kier alpha value is -3.45. The van der Waals surface area contributed by atoms with Gasteiger partial charge in [0, 0.05) is 31.3 Å². The first-order valence-corrected chi connectivity index (χ1v) is 9.51. The molecule has 7 heteroatoms. The zero-order valence-electron chi connectivity index (χ0n) is 16.4. The molecule has 2 aromatic carbocycles. The van der Waals surface area contributed by atoms with Crippen molar-refractivity contribution in [3.63, 3.8) is 0 Å². The fourth-order valence-corrected chi connectivity index (χ4v) is 3.48. The molecule has 0 aliphatic heterocycles. The Morgan fingerprint density at radius 1 is 1.17 bits per heavy atom. The van der Waals surface area contributed by atoms with Crippen molar-refractivity contribution in [3.8, 4) is 11.4 Å². The van der Waals surface area contributed by atoms with Crippen LogP contribution in [-0.4, -0.2) is 52.0 Å². The van der Waals surface area contributed by atoms with Gasteiger partial charge < -0.3 is 14.6 Å². The zero-order chi connectivity index (χ0) is 20.4. The van der Waals surface area contributed by atoms with Crippen molar-refractivity contribution in [3.05, 3.63) is 70.6 Å². The van der Waals surface area contributed by atoms with Crippen LogP contribution in [0.1, 0.15) is 17.3 Å². The van der Waals surface area contributed by atoms with Gasteiger partial charge in [-0.1, -0.05) is 30.3 Å². The molecule has 148 valence electrons. The maximum absolute atomic E-state index is 13.0. The summed E-state index contributed by atoms with van der Waals surface area (Å²) < 4.78 is 6.92. The van der Waals surface area contributed by atoms with Gasteiger partial charge in [-0.2, -0.15) is 0 Å². The number of ether oxygens (including phenoxy) is 1. The van der Waals surface area contributed by atoms with Gasteiger partial charge in [0.1, 0.15) is 11.3 Å². The first kappa shape index (κ1) is 18.9. The molecule has 1 amide bonds. The molecule has 4 rings (SSSR count). The highest BCUT2D eigenvalue weighted by molar-refractivity contribution is 5.98. The summed E-state index contributed by atoms with van der Waals surface area (Å²) in [5.74, 6) is 0.584. The van der Waals surface area contributed by atoms with Crippen molar-refractivity contribution in [2.75, 3.05) is 26.8 Å². The number of hydrogen-bond donors (Lipinski definition) is 1. The van der Waals surface area contributed by atoms with E-state index in [1.54, 1.807) is 30.3 Å². The maximum atomic E-state index is 13.0. The second kappa shape index (κ2) is 7.89. The van der Waals surface area contributed by atoms with Crippen LogP contribution in [0.5, 0.6) is 0 Å². The van der Waals surface area contributed by atoms with Crippen molar-refractivity contribution in [1.82, 2.24) is 19.3 Å². The van der Waals surface area contributed by atoms with E-state index in [9.17, 15) is 9.59 Å². The van der Waals surface area contributed by atoms with Crippen molar-refractivity contribution in [1.29, 1.82) is 0 Å². The van der Waals surface area contributed by atoms with Gasteiger partial charge >= 0.3 is 0 Å². The number of aromatic nitrogens is 3. The normalized spacial score (nSPS) is 11.2. The Morgan fingerprint density at radius 3 is 2.69 bits per heavy atom. The molecular formula is C22H22N4O3. The van der Waals surface area contributed by atoms with E-state index in [1.165, 1.54) is 0 Å². The number of benzene rings is 2. The van der Waals surface area contributed by atoms with Crippen molar-refractivity contribution < 1.29 is 9.53 Å². The van der Waals surface area contributed by atoms with E-state index in [1.807, 2.05) is 47.7 Å². The fourth-order valence-electron chi connectivity index (χ4n) is 3.48. The molecule has 0 unspecified atom stereocenters. The molecule has 4 aromatic rings. The van der Waals surface area contributed by atoms with Gasteiger partial charge in [0.05, 0.1) is 23.8 Å². The summed E-state index contributed by atoms with van der Waals surface area (Å²) >= 11 is 0. The summed E-state index contributed by atoms with van der Waals surface area (Å²) in [5.41, 5.74) is 3.04. The number of likely N-dealkylation sites (N-methyl/N-ethyl adjacent to an activating group) is 1. The van der Waals surface area contributed by atoms with Gasteiger partial charge in [-0.3, -0.25) is 14.0 Å². The number of carbonyl (C=O) groups is 1. The number of amides is 1. The van der Waals surface area contributed by atoms with Crippen molar-refractivity contribution >= 4 is 22.5 Å². The molecule has 0 fully saturated rings. The molecule has 0 bridgehead atoms. The number of nitrogens with one attached hydrogen (secondary N) is 1. The van der Waals surface area contributed by atoms with Crippen LogP contribution in [0.25, 0.3) is 27.9 Å². The standard InChI is InChI=1S/C22H22N4O3/c1-3-25(11-12-29-2)22(28)16-9-10-17-18(13-16)26-19(21(27)24-17)14-23-20(26)15-7-5-4-6-8-15/h4-10,13-14H,3,11-12H2,1-2H3,(H,24,27). The number of nitrogens with zero attached hydrogens (tertiary/aromatic N) is 3. The van der Waals surface area contributed by atoms with Crippen LogP contribution in [0.4, 0.5) is 0 Å². The predicted molar refractivity (Wildman–Crippen MR) is 112 cm³/mol. The highest BCUT2D eigenvalue weighted by Gasteiger charge is 2.17. The molecule has 0 aliphatic carbocycles. The van der Waals surface area contributed by atoms with E-state index < -0.39 is 0 Å². The highest BCUT2D eigenvalue weighted by atomic mass is 16.5. The second-order valence-corrected chi connectivity index (χ2v) is 6.73. The van der Waals surface area contributed by atoms with Crippen LogP contribution in [0.15, 0.2) is 59.5 Å². The number of imidazole rings is 1. The summed E-state index contributed by atoms with van der Waals surface area (Å²) in [6.45, 7) is 3.52. The molecule has 0 radical (unpaired) electrons. The quantitative estimate of drug-likeness (QED) is 0.549. The Kier molecular flexibility index (Phi) is 5.14. The number of aromatic amines is 1. The van der Waals surface area contributed by atoms with Gasteiger partial charge in [0.2, 0.25) is 0 Å². The van der Waals surface area contributed by atoms with Crippen LogP contribution in [0.2, 0.25) is 0 Å². The van der Waals surface area contributed by atoms with Crippen LogP contribution in [0, 0.1) is 0 Å². The molecule has 2 aromatic heterocycles. The number of rotatable bonds is 6. The topological polar surface area (TPSA) is 79.7 Å². The van der Waals surface area contributed by atoms with Crippen LogP contribution >= 0.6 is 0 Å². The third kappa shape index (κ3) is 3.40. The van der Waals surface area contributed by atoms with E-state index in [2.05, 4.69) is 9.97 Å². The Labute approximate surface area is 167 Å². The molecule has 0 atom stereocenters. The molecule has 0 aliphatic rings. The third-order valence-corrected chi connectivity index (χ3v) is 4.99. The van der Waals surface area contributed by atoms with Crippen molar-refractivity contribution in [2.45, 2.75) is 6.92 Å². The largest absolute Gasteiger partial charge is 0.383 e. The molecule has 0 saturated heterocycles. The number of hydrogen-bond acceptors (Lipinski definition) is 4. The summed E-state index contributed by atoms with van der Waals surface area (Å²) in [4.78, 5) is 34.6. The van der Waals surface area contributed by atoms with Gasteiger partial charge in [-0.05, 0) is 25.1 Å². The molecular weight excluding hydrogens is 368 g/mol. The second-order valence-electron chi connectivity index (χ2n) is 6.73. The molecule has 7 nitrogen and oxygen atoms in total. The smallest absolute Gasteiger partial charge is 0.274 e. The predicted octanol–water partition coefficient (Wildman–Crippen LogP) is 2.95. The lowest BCUT2D eigenvalue weighted by Gasteiger charge is -2.20. The first-order chi connectivity index (χ1) is 14.1. The number of carbonyl (C=O) groups excluding carboxylic acids is 1. The number of methoxy groups -OCH3 is 1. The van der Waals surface area contributed by atoms with E-state index in [0.717, 1.165) is 11.1 Å². The summed E-state index contributed by atoms with van der Waals surface area (Å²) in [6.07, 6.45) is 1.56. The van der Waals surface area contributed by atoms with E-state index in [-0.39, 0.29) is 11.5 Å². The SMILES string of the molecule is CCN(CCOC)C(=O)c1ccc2[nH]c(=O)c3cnc(-c4ccccc4)n3c2c1. The minimum absolute atomic E-state index is 0.0767. The Balaban J connectivity index is 1.90. The van der Waals surface area contributed by atoms with Gasteiger partial charge in [0.25, 0.3) is 11.5 Å². The first-order valence-electron chi connectivity index (χ1n) is 9.51. The molecule has 0 saturated carbocycles. The summed E-state index contributed by atoms with van der Waals surface area (Å²) in [7, 11) is 1.62. The third-order valence-electron chi connectivity index (χ3n) is 4.99. The van der Waals surface area contributed by atoms with Gasteiger partial charge in [-0.25, -0.2) is 4.98 Å². The number of H-pyrrole nitrogens is 1. The monoisotopic (exact) mass is 390 g/mol. The van der Waals surface area contributed by atoms with E-state index >= 15 is 0 Å². The van der Waals surface area contributed by atoms with E-state index in [4.69, 9.17) is 4.74 Å². The number of fused-ring (bicyclic) bond motifs is 3. The maximum Gasteiger partial charge on any atom is 0.274 e. The summed E-state index contributed by atoms with van der Waals surface area (Å²) in [6, 6.07) is 15.0. The zero-order valence-corrected chi connectivity index (χ0v) is 16.4. The van der Waals surface area contributed by atoms with Crippen LogP contribution in [-0.2, 0) is 4.74 Å². The summed E-state index contributed by atoms with van der Waals surface area (Å²) in [5, 5.41) is 0.